The van der Waals surface area contributed by atoms with Gasteiger partial charge in [0.05, 0.1) is 18.9 Å². The van der Waals surface area contributed by atoms with Crippen LogP contribution in [0.2, 0.25) is 0 Å². The summed E-state index contributed by atoms with van der Waals surface area (Å²) in [6.45, 7) is 0.538. The molecule has 20 heteroatoms. The molecular formula is C10H16FN2O13P3S. The molecule has 1 saturated heterocycles. The first-order chi connectivity index (χ1) is 13.5. The van der Waals surface area contributed by atoms with Crippen molar-refractivity contribution in [1.29, 1.82) is 0 Å². The Kier molecular flexibility index (Phi) is 7.75. The molecule has 0 aliphatic carbocycles. The van der Waals surface area contributed by atoms with E-state index in [1.807, 2.05) is 4.98 Å². The van der Waals surface area contributed by atoms with E-state index >= 15 is 0 Å². The molecule has 0 spiro atoms. The molecule has 0 bridgehead atoms. The number of hydrogen-bond acceptors (Lipinski definition) is 10. The second-order valence-corrected chi connectivity index (χ2v) is 10.8. The lowest BCUT2D eigenvalue weighted by Gasteiger charge is -2.19. The van der Waals surface area contributed by atoms with Crippen molar-refractivity contribution >= 4 is 35.7 Å². The van der Waals surface area contributed by atoms with Crippen LogP contribution in [0.15, 0.2) is 11.0 Å². The van der Waals surface area contributed by atoms with Crippen molar-refractivity contribution < 1.29 is 60.6 Å². The molecule has 0 aromatic carbocycles. The molecule has 6 atom stereocenters. The van der Waals surface area contributed by atoms with Crippen molar-refractivity contribution in [1.82, 2.24) is 9.55 Å². The van der Waals surface area contributed by atoms with Gasteiger partial charge in [-0.3, -0.25) is 18.9 Å². The molecule has 4 unspecified atom stereocenters. The van der Waals surface area contributed by atoms with Gasteiger partial charge in [0.1, 0.15) is 12.3 Å². The van der Waals surface area contributed by atoms with Gasteiger partial charge in [-0.15, -0.1) is 0 Å². The number of aromatic nitrogens is 2. The maximum absolute atomic E-state index is 13.6. The summed E-state index contributed by atoms with van der Waals surface area (Å²) in [5.41, 5.74) is -1.08. The van der Waals surface area contributed by atoms with E-state index in [0.29, 0.717) is 0 Å². The largest absolute Gasteiger partial charge is 0.490 e. The Morgan fingerprint density at radius 1 is 1.23 bits per heavy atom. The molecule has 0 saturated carbocycles. The normalized spacial score (nSPS) is 28.8. The van der Waals surface area contributed by atoms with Crippen LogP contribution >= 0.6 is 35.7 Å². The Morgan fingerprint density at radius 2 is 1.83 bits per heavy atom. The SMILES string of the molecule is CC1C(O)[C@@H](COP(=O)(O)OP(=O)(O)OP(=O)(O)O)O[C@H]1n1cc(F)c(=O)[nH]c1=S. The number of phosphoric acid groups is 3. The van der Waals surface area contributed by atoms with Crippen LogP contribution in [0.4, 0.5) is 4.39 Å². The van der Waals surface area contributed by atoms with E-state index in [1.165, 1.54) is 6.92 Å². The fourth-order valence-corrected chi connectivity index (χ4v) is 5.75. The first-order valence-electron chi connectivity index (χ1n) is 7.64. The molecular weight excluding hydrogens is 500 g/mol. The fraction of sp³-hybridized carbons (Fsp3) is 0.600. The standard InChI is InChI=1S/C10H16FN2O13P3S/c1-4-7(14)6(24-9(4)13-2-5(11)8(15)12-10(13)30)3-23-28(19,20)26-29(21,22)25-27(16,17)18/h2,4,6-7,9,14H,3H2,1H3,(H,19,20)(H,21,22)(H,12,15,30)(H2,16,17,18)/t4?,6-,7?,9-/m1/s1. The van der Waals surface area contributed by atoms with E-state index in [4.69, 9.17) is 31.6 Å². The zero-order valence-corrected chi connectivity index (χ0v) is 18.2. The number of aliphatic hydroxyl groups is 1. The summed E-state index contributed by atoms with van der Waals surface area (Å²) in [5.74, 6) is -1.98. The van der Waals surface area contributed by atoms with E-state index in [0.717, 1.165) is 10.8 Å². The van der Waals surface area contributed by atoms with E-state index in [-0.39, 0.29) is 4.77 Å². The van der Waals surface area contributed by atoms with Crippen molar-refractivity contribution in [2.75, 3.05) is 6.61 Å². The highest BCUT2D eigenvalue weighted by molar-refractivity contribution is 7.71. The van der Waals surface area contributed by atoms with Crippen LogP contribution in [-0.4, -0.2) is 53.0 Å². The summed E-state index contributed by atoms with van der Waals surface area (Å²) in [4.78, 5) is 48.8. The van der Waals surface area contributed by atoms with E-state index in [9.17, 15) is 32.9 Å². The molecule has 0 radical (unpaired) electrons. The molecule has 1 aromatic heterocycles. The third kappa shape index (κ3) is 6.68. The minimum atomic E-state index is -5.70. The van der Waals surface area contributed by atoms with Gasteiger partial charge in [-0.1, -0.05) is 6.92 Å². The van der Waals surface area contributed by atoms with E-state index < -0.39 is 65.8 Å². The zero-order chi connectivity index (χ0) is 23.1. The molecule has 30 heavy (non-hydrogen) atoms. The Bertz CT molecular complexity index is 1050. The highest BCUT2D eigenvalue weighted by atomic mass is 32.1. The lowest BCUT2D eigenvalue weighted by molar-refractivity contribution is -0.0464. The van der Waals surface area contributed by atoms with Gasteiger partial charge in [0, 0.05) is 5.92 Å². The number of aromatic amines is 1. The van der Waals surface area contributed by atoms with Gasteiger partial charge in [-0.25, -0.2) is 13.7 Å². The maximum atomic E-state index is 13.6. The first kappa shape index (κ1) is 25.6. The van der Waals surface area contributed by atoms with Gasteiger partial charge in [0.25, 0.3) is 5.56 Å². The molecule has 2 rings (SSSR count). The summed E-state index contributed by atoms with van der Waals surface area (Å²) < 4.78 is 64.9. The van der Waals surface area contributed by atoms with Gasteiger partial charge in [-0.2, -0.15) is 13.0 Å². The Labute approximate surface area is 171 Å². The van der Waals surface area contributed by atoms with Crippen molar-refractivity contribution in [2.45, 2.75) is 25.4 Å². The number of nitrogens with one attached hydrogen (secondary N) is 1. The summed E-state index contributed by atoms with van der Waals surface area (Å²) in [6.07, 6.45) is -3.13. The third-order valence-corrected chi connectivity index (χ3v) is 7.82. The van der Waals surface area contributed by atoms with Gasteiger partial charge >= 0.3 is 23.5 Å². The lowest BCUT2D eigenvalue weighted by Crippen LogP contribution is -2.29. The highest BCUT2D eigenvalue weighted by Crippen LogP contribution is 2.66. The van der Waals surface area contributed by atoms with Gasteiger partial charge in [-0.05, 0) is 12.2 Å². The topological polar surface area (TPSA) is 227 Å². The van der Waals surface area contributed by atoms with E-state index in [2.05, 4.69) is 13.1 Å². The molecule has 2 heterocycles. The van der Waals surface area contributed by atoms with Crippen molar-refractivity contribution in [2.24, 2.45) is 5.92 Å². The molecule has 1 aliphatic rings. The fourth-order valence-electron chi connectivity index (χ4n) is 2.47. The predicted octanol–water partition coefficient (Wildman–Crippen LogP) is 0.283. The summed E-state index contributed by atoms with van der Waals surface area (Å²) in [5, 5.41) is 10.2. The maximum Gasteiger partial charge on any atom is 0.490 e. The van der Waals surface area contributed by atoms with Crippen LogP contribution in [0, 0.1) is 16.5 Å². The van der Waals surface area contributed by atoms with E-state index in [1.54, 1.807) is 0 Å². The van der Waals surface area contributed by atoms with Crippen molar-refractivity contribution in [3.05, 3.63) is 27.1 Å². The smallest absolute Gasteiger partial charge is 0.390 e. The van der Waals surface area contributed by atoms with Crippen LogP contribution in [0.1, 0.15) is 13.2 Å². The van der Waals surface area contributed by atoms with Crippen molar-refractivity contribution in [3.63, 3.8) is 0 Å². The molecule has 1 aliphatic heterocycles. The van der Waals surface area contributed by atoms with Gasteiger partial charge in [0.2, 0.25) is 5.82 Å². The Morgan fingerprint density at radius 3 is 2.40 bits per heavy atom. The summed E-state index contributed by atoms with van der Waals surface area (Å²) in [7, 11) is -16.7. The first-order valence-corrected chi connectivity index (χ1v) is 12.6. The number of phosphoric ester groups is 1. The molecule has 1 fully saturated rings. The second kappa shape index (κ2) is 9.08. The number of nitrogens with zero attached hydrogens (tertiary/aromatic N) is 1. The number of rotatable bonds is 8. The lowest BCUT2D eigenvalue weighted by atomic mass is 10.0. The Hall–Kier alpha value is -0.640. The number of aliphatic hydroxyl groups excluding tert-OH is 1. The molecule has 6 N–H and O–H groups in total. The molecule has 0 amide bonds. The van der Waals surface area contributed by atoms with Crippen LogP contribution in [-0.2, 0) is 31.6 Å². The highest BCUT2D eigenvalue weighted by Gasteiger charge is 2.45. The third-order valence-electron chi connectivity index (χ3n) is 3.70. The number of ether oxygens (including phenoxy) is 1. The molecule has 15 nitrogen and oxygen atoms in total. The minimum Gasteiger partial charge on any atom is -0.390 e. The second-order valence-electron chi connectivity index (χ2n) is 5.95. The van der Waals surface area contributed by atoms with Crippen LogP contribution in [0.25, 0.3) is 0 Å². The van der Waals surface area contributed by atoms with Crippen LogP contribution in [0.3, 0.4) is 0 Å². The number of H-pyrrole nitrogens is 1. The number of hydrogen-bond donors (Lipinski definition) is 6. The Balaban J connectivity index is 2.09. The number of halogens is 1. The molecule has 1 aromatic rings. The summed E-state index contributed by atoms with van der Waals surface area (Å²) in [6, 6.07) is 0. The predicted molar refractivity (Wildman–Crippen MR) is 94.7 cm³/mol. The summed E-state index contributed by atoms with van der Waals surface area (Å²) >= 11 is 4.90. The average molecular weight is 516 g/mol. The van der Waals surface area contributed by atoms with Gasteiger partial charge in [0.15, 0.2) is 4.77 Å². The quantitative estimate of drug-likeness (QED) is 0.202. The minimum absolute atomic E-state index is 0.237. The van der Waals surface area contributed by atoms with Crippen LogP contribution < -0.4 is 5.56 Å². The van der Waals surface area contributed by atoms with Crippen molar-refractivity contribution in [3.8, 4) is 0 Å². The monoisotopic (exact) mass is 516 g/mol. The zero-order valence-electron chi connectivity index (χ0n) is 14.7. The molecule has 172 valence electrons. The van der Waals surface area contributed by atoms with Crippen LogP contribution in [0.5, 0.6) is 0 Å². The van der Waals surface area contributed by atoms with Gasteiger partial charge < -0.3 is 29.4 Å². The average Bonchev–Trinajstić information content (AvgIpc) is 2.81.